The molecular formula is C11H12N2O3. The van der Waals surface area contributed by atoms with Crippen molar-refractivity contribution in [3.05, 3.63) is 17.8 Å². The summed E-state index contributed by atoms with van der Waals surface area (Å²) in [7, 11) is 1.65. The van der Waals surface area contributed by atoms with E-state index in [1.807, 2.05) is 0 Å². The number of Topliss-reactive ketones (excluding diaryl/α,β-unsaturated/α-hetero) is 1. The summed E-state index contributed by atoms with van der Waals surface area (Å²) in [5.41, 5.74) is 0.800. The van der Waals surface area contributed by atoms with Crippen molar-refractivity contribution in [3.8, 4) is 5.75 Å². The van der Waals surface area contributed by atoms with Crippen LogP contribution < -0.4 is 9.64 Å². The van der Waals surface area contributed by atoms with Gasteiger partial charge in [-0.3, -0.25) is 14.5 Å². The van der Waals surface area contributed by atoms with Crippen LogP contribution in [0.4, 0.5) is 5.82 Å². The highest BCUT2D eigenvalue weighted by molar-refractivity contribution is 5.96. The second-order valence-corrected chi connectivity index (χ2v) is 3.79. The van der Waals surface area contributed by atoms with Gasteiger partial charge in [0.2, 0.25) is 0 Å². The molecule has 1 aromatic rings. The van der Waals surface area contributed by atoms with Gasteiger partial charge in [0.1, 0.15) is 5.78 Å². The van der Waals surface area contributed by atoms with Crippen LogP contribution >= 0.6 is 0 Å². The van der Waals surface area contributed by atoms with E-state index in [1.54, 1.807) is 19.3 Å². The maximum absolute atomic E-state index is 11.3. The Labute approximate surface area is 93.0 Å². The molecule has 0 aromatic carbocycles. The van der Waals surface area contributed by atoms with E-state index in [0.717, 1.165) is 5.56 Å². The summed E-state index contributed by atoms with van der Waals surface area (Å²) in [4.78, 5) is 27.9. The molecule has 2 heterocycles. The first kappa shape index (κ1) is 10.6. The zero-order valence-electron chi connectivity index (χ0n) is 9.19. The van der Waals surface area contributed by atoms with Gasteiger partial charge in [0.25, 0.3) is 5.91 Å². The van der Waals surface area contributed by atoms with E-state index in [-0.39, 0.29) is 18.3 Å². The summed E-state index contributed by atoms with van der Waals surface area (Å²) in [5.74, 6) is 1.01. The number of aromatic nitrogens is 1. The van der Waals surface area contributed by atoms with Crippen LogP contribution in [0, 0.1) is 0 Å². The van der Waals surface area contributed by atoms with E-state index in [0.29, 0.717) is 18.0 Å². The molecule has 0 aliphatic carbocycles. The van der Waals surface area contributed by atoms with Crippen LogP contribution in [0.2, 0.25) is 0 Å². The highest BCUT2D eigenvalue weighted by Gasteiger charge is 2.23. The van der Waals surface area contributed by atoms with E-state index in [9.17, 15) is 9.59 Å². The summed E-state index contributed by atoms with van der Waals surface area (Å²) in [5, 5.41) is 0. The molecule has 0 bridgehead atoms. The number of nitrogens with zero attached hydrogens (tertiary/aromatic N) is 2. The van der Waals surface area contributed by atoms with E-state index in [4.69, 9.17) is 4.74 Å². The smallest absolute Gasteiger partial charge is 0.265 e. The van der Waals surface area contributed by atoms with Crippen molar-refractivity contribution in [1.29, 1.82) is 0 Å². The molecule has 5 heteroatoms. The Hall–Kier alpha value is -1.91. The molecule has 0 fully saturated rings. The van der Waals surface area contributed by atoms with Gasteiger partial charge in [0.15, 0.2) is 18.2 Å². The second-order valence-electron chi connectivity index (χ2n) is 3.79. The Balaban J connectivity index is 2.33. The van der Waals surface area contributed by atoms with Crippen LogP contribution in [-0.2, 0) is 16.0 Å². The second kappa shape index (κ2) is 3.92. The molecule has 0 saturated heterocycles. The maximum Gasteiger partial charge on any atom is 0.265 e. The number of hydrogen-bond acceptors (Lipinski definition) is 4. The number of carbonyl (C=O) groups excluding carboxylic acids is 2. The van der Waals surface area contributed by atoms with E-state index in [1.165, 1.54) is 11.8 Å². The zero-order valence-corrected chi connectivity index (χ0v) is 9.19. The first-order chi connectivity index (χ1) is 7.58. The monoisotopic (exact) mass is 220 g/mol. The summed E-state index contributed by atoms with van der Waals surface area (Å²) in [6.07, 6.45) is 1.93. The Bertz CT molecular complexity index is 457. The Morgan fingerprint density at radius 2 is 2.38 bits per heavy atom. The minimum atomic E-state index is -0.126. The normalized spacial score (nSPS) is 14.4. The van der Waals surface area contributed by atoms with Crippen molar-refractivity contribution >= 4 is 17.5 Å². The summed E-state index contributed by atoms with van der Waals surface area (Å²) in [6.45, 7) is 1.55. The van der Waals surface area contributed by atoms with Crippen molar-refractivity contribution in [2.45, 2.75) is 13.3 Å². The van der Waals surface area contributed by atoms with Crippen LogP contribution in [0.15, 0.2) is 12.3 Å². The first-order valence-electron chi connectivity index (χ1n) is 4.95. The molecule has 2 rings (SSSR count). The van der Waals surface area contributed by atoms with Crippen LogP contribution in [0.1, 0.15) is 12.5 Å². The van der Waals surface area contributed by atoms with E-state index in [2.05, 4.69) is 4.98 Å². The molecule has 84 valence electrons. The number of pyridine rings is 1. The van der Waals surface area contributed by atoms with Crippen LogP contribution in [-0.4, -0.2) is 30.3 Å². The Kier molecular flexibility index (Phi) is 2.60. The van der Waals surface area contributed by atoms with Gasteiger partial charge in [-0.1, -0.05) is 0 Å². The summed E-state index contributed by atoms with van der Waals surface area (Å²) < 4.78 is 5.26. The largest absolute Gasteiger partial charge is 0.480 e. The minimum absolute atomic E-state index is 0.0225. The summed E-state index contributed by atoms with van der Waals surface area (Å²) in [6, 6.07) is 1.76. The fourth-order valence-corrected chi connectivity index (χ4v) is 1.57. The molecule has 0 atom stereocenters. The molecule has 1 aromatic heterocycles. The van der Waals surface area contributed by atoms with Crippen LogP contribution in [0.3, 0.4) is 0 Å². The first-order valence-corrected chi connectivity index (χ1v) is 4.95. The molecule has 16 heavy (non-hydrogen) atoms. The lowest BCUT2D eigenvalue weighted by Gasteiger charge is -2.24. The Morgan fingerprint density at radius 1 is 1.62 bits per heavy atom. The van der Waals surface area contributed by atoms with Crippen molar-refractivity contribution in [3.63, 3.8) is 0 Å². The average molecular weight is 220 g/mol. The standard InChI is InChI=1S/C11H12N2O3/c1-7(14)3-8-4-9-11(12-5-8)13(2)10(15)6-16-9/h4-5H,3,6H2,1-2H3. The number of ether oxygens (including phenoxy) is 1. The summed E-state index contributed by atoms with van der Waals surface area (Å²) >= 11 is 0. The van der Waals surface area contributed by atoms with Gasteiger partial charge in [-0.25, -0.2) is 4.98 Å². The molecule has 5 nitrogen and oxygen atoms in total. The third kappa shape index (κ3) is 1.88. The molecule has 0 radical (unpaired) electrons. The van der Waals surface area contributed by atoms with Gasteiger partial charge >= 0.3 is 0 Å². The van der Waals surface area contributed by atoms with Crippen molar-refractivity contribution in [1.82, 2.24) is 4.98 Å². The average Bonchev–Trinajstić information content (AvgIpc) is 2.23. The fraction of sp³-hybridized carbons (Fsp3) is 0.364. The third-order valence-corrected chi connectivity index (χ3v) is 2.39. The molecule has 1 aliphatic heterocycles. The van der Waals surface area contributed by atoms with Gasteiger partial charge in [-0.15, -0.1) is 0 Å². The van der Waals surface area contributed by atoms with Gasteiger partial charge in [0, 0.05) is 19.7 Å². The highest BCUT2D eigenvalue weighted by atomic mass is 16.5. The lowest BCUT2D eigenvalue weighted by atomic mass is 10.1. The minimum Gasteiger partial charge on any atom is -0.480 e. The number of ketones is 1. The van der Waals surface area contributed by atoms with E-state index >= 15 is 0 Å². The van der Waals surface area contributed by atoms with E-state index < -0.39 is 0 Å². The molecular weight excluding hydrogens is 208 g/mol. The predicted octanol–water partition coefficient (Wildman–Crippen LogP) is 0.568. The third-order valence-electron chi connectivity index (χ3n) is 2.39. The van der Waals surface area contributed by atoms with Gasteiger partial charge in [-0.05, 0) is 18.6 Å². The zero-order chi connectivity index (χ0) is 11.7. The van der Waals surface area contributed by atoms with Gasteiger partial charge < -0.3 is 4.74 Å². The van der Waals surface area contributed by atoms with Crippen LogP contribution in [0.25, 0.3) is 0 Å². The van der Waals surface area contributed by atoms with Gasteiger partial charge in [-0.2, -0.15) is 0 Å². The molecule has 1 amide bonds. The van der Waals surface area contributed by atoms with Crippen molar-refractivity contribution < 1.29 is 14.3 Å². The maximum atomic E-state index is 11.3. The molecule has 0 unspecified atom stereocenters. The number of carbonyl (C=O) groups is 2. The fourth-order valence-electron chi connectivity index (χ4n) is 1.57. The number of anilines is 1. The van der Waals surface area contributed by atoms with Crippen molar-refractivity contribution in [2.24, 2.45) is 0 Å². The highest BCUT2D eigenvalue weighted by Crippen LogP contribution is 2.29. The lowest BCUT2D eigenvalue weighted by Crippen LogP contribution is -2.36. The van der Waals surface area contributed by atoms with Crippen molar-refractivity contribution in [2.75, 3.05) is 18.6 Å². The number of amides is 1. The predicted molar refractivity (Wildman–Crippen MR) is 57.5 cm³/mol. The molecule has 1 aliphatic rings. The number of fused-ring (bicyclic) bond motifs is 1. The molecule has 0 N–H and O–H groups in total. The van der Waals surface area contributed by atoms with Gasteiger partial charge in [0.05, 0.1) is 0 Å². The number of likely N-dealkylation sites (N-methyl/N-ethyl adjacent to an activating group) is 1. The molecule has 0 spiro atoms. The number of hydrogen-bond donors (Lipinski definition) is 0. The number of rotatable bonds is 2. The SMILES string of the molecule is CC(=O)Cc1cnc2c(c1)OCC(=O)N2C. The Morgan fingerprint density at radius 3 is 3.06 bits per heavy atom. The topological polar surface area (TPSA) is 59.5 Å². The quantitative estimate of drug-likeness (QED) is 0.731. The lowest BCUT2D eigenvalue weighted by molar-refractivity contribution is -0.121. The molecule has 0 saturated carbocycles. The van der Waals surface area contributed by atoms with Crippen LogP contribution in [0.5, 0.6) is 5.75 Å².